The minimum absolute atomic E-state index is 0.000859. The Bertz CT molecular complexity index is 1860. The molecule has 2 N–H and O–H groups in total. The summed E-state index contributed by atoms with van der Waals surface area (Å²) in [7, 11) is 0. The molecular weight excluding hydrogens is 714 g/mol. The van der Waals surface area contributed by atoms with Gasteiger partial charge in [-0.3, -0.25) is 19.4 Å². The summed E-state index contributed by atoms with van der Waals surface area (Å²) in [5.41, 5.74) is 10.4. The third-order valence-electron chi connectivity index (χ3n) is 10.4. The third kappa shape index (κ3) is 9.30. The van der Waals surface area contributed by atoms with Crippen LogP contribution in [0.1, 0.15) is 55.7 Å². The number of amides is 1. The quantitative estimate of drug-likeness (QED) is 0.149. The number of rotatable bonds is 12. The fourth-order valence-corrected chi connectivity index (χ4v) is 7.80. The molecule has 2 fully saturated rings. The van der Waals surface area contributed by atoms with Crippen LogP contribution in [0.2, 0.25) is 10.0 Å². The first kappa shape index (κ1) is 38.1. The van der Waals surface area contributed by atoms with E-state index in [1.54, 1.807) is 17.0 Å². The zero-order valence-corrected chi connectivity index (χ0v) is 30.7. The van der Waals surface area contributed by atoms with Crippen molar-refractivity contribution in [1.82, 2.24) is 19.3 Å². The van der Waals surface area contributed by atoms with E-state index in [0.717, 1.165) is 73.2 Å². The van der Waals surface area contributed by atoms with E-state index >= 15 is 0 Å². The second kappa shape index (κ2) is 16.2. The topological polar surface area (TPSA) is 84.0 Å². The Morgan fingerprint density at radius 2 is 1.50 bits per heavy atom. The first-order chi connectivity index (χ1) is 24.8. The second-order valence-corrected chi connectivity index (χ2v) is 14.8. The molecule has 13 heteroatoms. The van der Waals surface area contributed by atoms with Crippen LogP contribution in [0.3, 0.4) is 0 Å². The van der Waals surface area contributed by atoms with Gasteiger partial charge in [-0.15, -0.1) is 13.2 Å². The Kier molecular flexibility index (Phi) is 11.9. The summed E-state index contributed by atoms with van der Waals surface area (Å²) in [5.74, 6) is -0.239. The van der Waals surface area contributed by atoms with Gasteiger partial charge in [-0.2, -0.15) is 0 Å². The molecule has 1 amide bonds. The minimum Gasteiger partial charge on any atom is -0.406 e. The molecular formula is C39H44Cl2F3N5O3. The second-order valence-electron chi connectivity index (χ2n) is 14.0. The number of ketones is 1. The van der Waals surface area contributed by atoms with Gasteiger partial charge in [0.25, 0.3) is 0 Å². The fourth-order valence-electron chi connectivity index (χ4n) is 7.28. The van der Waals surface area contributed by atoms with Crippen LogP contribution in [-0.2, 0) is 29.1 Å². The number of hydrogen-bond donors (Lipinski definition) is 1. The van der Waals surface area contributed by atoms with Gasteiger partial charge >= 0.3 is 6.36 Å². The van der Waals surface area contributed by atoms with E-state index in [-0.39, 0.29) is 17.4 Å². The van der Waals surface area contributed by atoms with Crippen molar-refractivity contribution in [3.63, 3.8) is 0 Å². The molecule has 3 aromatic carbocycles. The van der Waals surface area contributed by atoms with Crippen molar-refractivity contribution in [2.24, 2.45) is 5.73 Å². The number of fused-ring (bicyclic) bond motifs is 1. The number of unbranched alkanes of at least 4 members (excludes halogenated alkanes) is 1. The standard InChI is InChI=1S/C39H44Cl2F3N5O3/c1-27(50)48-17-15-38(45,16-18-48)37(51)8-3-2-5-29-25-49(30-10-12-31(13-11-30)52-39(42,43)44)36-23-28(9-14-32(29)36)24-46-19-21-47(22-20-46)26-33-34(40)6-4-7-35(33)41/h4,6-7,9-14,23,25H,2-3,5,8,15-22,24,26,45H2,1H3. The minimum atomic E-state index is -4.77. The highest BCUT2D eigenvalue weighted by Gasteiger charge is 2.37. The lowest BCUT2D eigenvalue weighted by Crippen LogP contribution is -2.56. The van der Waals surface area contributed by atoms with E-state index in [4.69, 9.17) is 28.9 Å². The molecule has 0 unspecified atom stereocenters. The van der Waals surface area contributed by atoms with Crippen molar-refractivity contribution >= 4 is 45.8 Å². The Morgan fingerprint density at radius 1 is 0.865 bits per heavy atom. The number of aryl methyl sites for hydroxylation is 1. The van der Waals surface area contributed by atoms with Gasteiger partial charge in [0.05, 0.1) is 11.1 Å². The number of carbonyl (C=O) groups excluding carboxylic acids is 2. The number of likely N-dealkylation sites (tertiary alicyclic amines) is 1. The Balaban J connectivity index is 1.13. The summed E-state index contributed by atoms with van der Waals surface area (Å²) in [4.78, 5) is 31.3. The third-order valence-corrected chi connectivity index (χ3v) is 11.1. The molecule has 0 spiro atoms. The summed E-state index contributed by atoms with van der Waals surface area (Å²) in [6, 6.07) is 17.9. The van der Waals surface area contributed by atoms with Crippen LogP contribution in [0.5, 0.6) is 5.75 Å². The number of alkyl halides is 3. The van der Waals surface area contributed by atoms with Crippen LogP contribution in [0, 0.1) is 0 Å². The first-order valence-electron chi connectivity index (χ1n) is 17.7. The number of Topliss-reactive ketones (excluding diaryl/α,β-unsaturated/α-hetero) is 1. The van der Waals surface area contributed by atoms with Gasteiger partial charge in [-0.05, 0) is 85.7 Å². The highest BCUT2D eigenvalue weighted by molar-refractivity contribution is 6.36. The number of aromatic nitrogens is 1. The van der Waals surface area contributed by atoms with Crippen LogP contribution >= 0.6 is 23.2 Å². The maximum absolute atomic E-state index is 13.1. The van der Waals surface area contributed by atoms with Crippen LogP contribution in [0.4, 0.5) is 13.2 Å². The highest BCUT2D eigenvalue weighted by Crippen LogP contribution is 2.31. The zero-order valence-electron chi connectivity index (χ0n) is 29.2. The predicted octanol–water partition coefficient (Wildman–Crippen LogP) is 7.78. The SMILES string of the molecule is CC(=O)N1CCC(N)(C(=O)CCCCc2cn(-c3ccc(OC(F)(F)F)cc3)c3cc(CN4CCN(Cc5c(Cl)cccc5Cl)CC4)ccc23)CC1. The summed E-state index contributed by atoms with van der Waals surface area (Å²) in [5, 5.41) is 2.40. The van der Waals surface area contributed by atoms with Gasteiger partial charge in [0.1, 0.15) is 5.75 Å². The Hall–Kier alpha value is -3.61. The molecule has 0 atom stereocenters. The molecule has 3 heterocycles. The number of piperazine rings is 1. The summed E-state index contributed by atoms with van der Waals surface area (Å²) < 4.78 is 44.7. The molecule has 278 valence electrons. The normalized spacial score (nSPS) is 17.1. The number of hydrogen-bond acceptors (Lipinski definition) is 6. The highest BCUT2D eigenvalue weighted by atomic mass is 35.5. The summed E-state index contributed by atoms with van der Waals surface area (Å²) in [6.07, 6.45) is 0.755. The van der Waals surface area contributed by atoms with Crippen molar-refractivity contribution in [1.29, 1.82) is 0 Å². The van der Waals surface area contributed by atoms with Crippen molar-refractivity contribution < 1.29 is 27.5 Å². The molecule has 2 aliphatic heterocycles. The number of benzene rings is 3. The van der Waals surface area contributed by atoms with Crippen molar-refractivity contribution in [3.8, 4) is 11.4 Å². The average Bonchev–Trinajstić information content (AvgIpc) is 3.46. The molecule has 0 bridgehead atoms. The first-order valence-corrected chi connectivity index (χ1v) is 18.5. The number of nitrogens with zero attached hydrogens (tertiary/aromatic N) is 4. The lowest BCUT2D eigenvalue weighted by Gasteiger charge is -2.37. The monoisotopic (exact) mass is 757 g/mol. The molecule has 4 aromatic rings. The van der Waals surface area contributed by atoms with E-state index in [1.807, 2.05) is 29.0 Å². The molecule has 0 saturated carbocycles. The molecule has 52 heavy (non-hydrogen) atoms. The molecule has 2 aliphatic rings. The lowest BCUT2D eigenvalue weighted by atomic mass is 9.82. The largest absolute Gasteiger partial charge is 0.573 e. The van der Waals surface area contributed by atoms with Gasteiger partial charge in [0.2, 0.25) is 5.91 Å². The maximum atomic E-state index is 13.1. The average molecular weight is 759 g/mol. The predicted molar refractivity (Wildman–Crippen MR) is 198 cm³/mol. The number of nitrogens with two attached hydrogens (primary N) is 1. The van der Waals surface area contributed by atoms with Gasteiger partial charge in [-0.25, -0.2) is 0 Å². The smallest absolute Gasteiger partial charge is 0.406 e. The molecule has 1 aromatic heterocycles. The Labute approximate surface area is 312 Å². The summed E-state index contributed by atoms with van der Waals surface area (Å²) in [6.45, 7) is 7.49. The van der Waals surface area contributed by atoms with Crippen LogP contribution in [0.15, 0.2) is 66.9 Å². The van der Waals surface area contributed by atoms with Crippen molar-refractivity contribution in [2.45, 2.75) is 70.4 Å². The molecule has 8 nitrogen and oxygen atoms in total. The number of piperidine rings is 1. The van der Waals surface area contributed by atoms with Gasteiger partial charge < -0.3 is 19.9 Å². The summed E-state index contributed by atoms with van der Waals surface area (Å²) >= 11 is 12.8. The molecule has 0 radical (unpaired) electrons. The van der Waals surface area contributed by atoms with Crippen LogP contribution in [-0.4, -0.2) is 82.1 Å². The Morgan fingerprint density at radius 3 is 2.12 bits per heavy atom. The maximum Gasteiger partial charge on any atom is 0.573 e. The number of carbonyl (C=O) groups is 2. The van der Waals surface area contributed by atoms with Gasteiger partial charge in [-0.1, -0.05) is 41.4 Å². The molecule has 2 saturated heterocycles. The molecule has 0 aliphatic carbocycles. The van der Waals surface area contributed by atoms with Gasteiger partial charge in [0.15, 0.2) is 5.78 Å². The van der Waals surface area contributed by atoms with E-state index in [9.17, 15) is 22.8 Å². The van der Waals surface area contributed by atoms with Gasteiger partial charge in [0, 0.05) is 98.6 Å². The van der Waals surface area contributed by atoms with E-state index < -0.39 is 11.9 Å². The fraction of sp³-hybridized carbons (Fsp3) is 0.436. The van der Waals surface area contributed by atoms with E-state index in [2.05, 4.69) is 32.7 Å². The lowest BCUT2D eigenvalue weighted by molar-refractivity contribution is -0.274. The molecule has 6 rings (SSSR count). The van der Waals surface area contributed by atoms with Crippen molar-refractivity contribution in [2.75, 3.05) is 39.3 Å². The zero-order chi connectivity index (χ0) is 37.0. The number of ether oxygens (including phenoxy) is 1. The number of halogens is 5. The van der Waals surface area contributed by atoms with Crippen molar-refractivity contribution in [3.05, 3.63) is 93.6 Å². The van der Waals surface area contributed by atoms with E-state index in [0.29, 0.717) is 61.1 Å². The van der Waals surface area contributed by atoms with Crippen LogP contribution < -0.4 is 10.5 Å². The van der Waals surface area contributed by atoms with Crippen LogP contribution in [0.25, 0.3) is 16.6 Å². The van der Waals surface area contributed by atoms with E-state index in [1.165, 1.54) is 19.1 Å².